The molecule has 0 unspecified atom stereocenters. The van der Waals surface area contributed by atoms with Gasteiger partial charge in [0.15, 0.2) is 0 Å². The quantitative estimate of drug-likeness (QED) is 0.454. The molecule has 0 aliphatic carbocycles. The number of ether oxygens (including phenoxy) is 1. The number of amides is 1. The van der Waals surface area contributed by atoms with Crippen LogP contribution in [-0.4, -0.2) is 45.3 Å². The predicted octanol–water partition coefficient (Wildman–Crippen LogP) is 3.91. The maximum atomic E-state index is 12.5. The summed E-state index contributed by atoms with van der Waals surface area (Å²) >= 11 is 3.21. The molecule has 1 N–H and O–H groups in total. The van der Waals surface area contributed by atoms with E-state index < -0.39 is 21.9 Å². The second kappa shape index (κ2) is 10.00. The van der Waals surface area contributed by atoms with Crippen LogP contribution in [0.1, 0.15) is 40.5 Å². The zero-order chi connectivity index (χ0) is 21.6. The lowest BCUT2D eigenvalue weighted by molar-refractivity contribution is 0.0499. The minimum Gasteiger partial charge on any atom is -0.462 e. The molecule has 0 aromatic heterocycles. The third-order valence-electron chi connectivity index (χ3n) is 4.06. The molecule has 0 bridgehead atoms. The number of halogens is 1. The zero-order valence-electron chi connectivity index (χ0n) is 16.4. The molecule has 156 valence electrons. The maximum Gasteiger partial charge on any atom is 0.338 e. The molecule has 0 aliphatic rings. The van der Waals surface area contributed by atoms with Gasteiger partial charge in [-0.2, -0.15) is 0 Å². The van der Waals surface area contributed by atoms with E-state index in [1.807, 2.05) is 6.92 Å². The lowest BCUT2D eigenvalue weighted by Gasteiger charge is -2.14. The Labute approximate surface area is 179 Å². The van der Waals surface area contributed by atoms with Crippen LogP contribution < -0.4 is 5.32 Å². The topological polar surface area (TPSA) is 92.8 Å². The van der Waals surface area contributed by atoms with Crippen LogP contribution in [0.2, 0.25) is 0 Å². The summed E-state index contributed by atoms with van der Waals surface area (Å²) in [5.74, 6) is -0.881. The van der Waals surface area contributed by atoms with Crippen molar-refractivity contribution in [3.8, 4) is 0 Å². The lowest BCUT2D eigenvalue weighted by Crippen LogP contribution is -2.23. The maximum absolute atomic E-state index is 12.5. The number of anilines is 1. The molecule has 2 aromatic rings. The Balaban J connectivity index is 2.14. The third kappa shape index (κ3) is 5.88. The Morgan fingerprint density at radius 1 is 1.07 bits per heavy atom. The number of unbranched alkanes of at least 4 members (excludes halogenated alkanes) is 1. The summed E-state index contributed by atoms with van der Waals surface area (Å²) in [6.45, 7) is 2.38. The number of benzene rings is 2. The van der Waals surface area contributed by atoms with E-state index in [0.29, 0.717) is 22.3 Å². The van der Waals surface area contributed by atoms with E-state index in [1.54, 1.807) is 24.3 Å². The van der Waals surface area contributed by atoms with Gasteiger partial charge in [-0.3, -0.25) is 4.79 Å². The molecule has 29 heavy (non-hydrogen) atoms. The number of nitrogens with zero attached hydrogens (tertiary/aromatic N) is 1. The summed E-state index contributed by atoms with van der Waals surface area (Å²) in [6, 6.07) is 10.7. The SMILES string of the molecule is CCCCOC(=O)c1ccc(NC(=O)c2ccc(Br)c(S(=O)(=O)N(C)C)c2)cc1. The van der Waals surface area contributed by atoms with E-state index in [0.717, 1.165) is 17.1 Å². The van der Waals surface area contributed by atoms with Gasteiger partial charge in [-0.1, -0.05) is 13.3 Å². The molecule has 7 nitrogen and oxygen atoms in total. The van der Waals surface area contributed by atoms with E-state index in [1.165, 1.54) is 32.3 Å². The van der Waals surface area contributed by atoms with Crippen molar-refractivity contribution in [3.05, 3.63) is 58.1 Å². The van der Waals surface area contributed by atoms with Crippen LogP contribution in [0.5, 0.6) is 0 Å². The van der Waals surface area contributed by atoms with Crippen LogP contribution in [0.25, 0.3) is 0 Å². The number of rotatable bonds is 8. The van der Waals surface area contributed by atoms with Gasteiger partial charge < -0.3 is 10.1 Å². The highest BCUT2D eigenvalue weighted by Crippen LogP contribution is 2.25. The first-order chi connectivity index (χ1) is 13.7. The van der Waals surface area contributed by atoms with Crippen molar-refractivity contribution in [2.45, 2.75) is 24.7 Å². The molecule has 0 aliphatic heterocycles. The zero-order valence-corrected chi connectivity index (χ0v) is 18.8. The van der Waals surface area contributed by atoms with Gasteiger partial charge in [-0.05, 0) is 64.8 Å². The van der Waals surface area contributed by atoms with Gasteiger partial charge in [0.05, 0.1) is 17.1 Å². The van der Waals surface area contributed by atoms with Crippen LogP contribution in [-0.2, 0) is 14.8 Å². The monoisotopic (exact) mass is 482 g/mol. The van der Waals surface area contributed by atoms with Crippen molar-refractivity contribution in [3.63, 3.8) is 0 Å². The van der Waals surface area contributed by atoms with Crippen molar-refractivity contribution in [2.75, 3.05) is 26.0 Å². The first kappa shape index (κ1) is 23.1. The van der Waals surface area contributed by atoms with Gasteiger partial charge in [0.1, 0.15) is 0 Å². The first-order valence-corrected chi connectivity index (χ1v) is 11.2. The lowest BCUT2D eigenvalue weighted by atomic mass is 10.2. The number of nitrogens with one attached hydrogen (secondary N) is 1. The number of hydrogen-bond donors (Lipinski definition) is 1. The van der Waals surface area contributed by atoms with E-state index >= 15 is 0 Å². The van der Waals surface area contributed by atoms with Crippen LogP contribution >= 0.6 is 15.9 Å². The Kier molecular flexibility index (Phi) is 7.95. The smallest absolute Gasteiger partial charge is 0.338 e. The highest BCUT2D eigenvalue weighted by Gasteiger charge is 2.22. The number of carbonyl (C=O) groups excluding carboxylic acids is 2. The second-order valence-corrected chi connectivity index (χ2v) is 9.43. The molecule has 2 rings (SSSR count). The summed E-state index contributed by atoms with van der Waals surface area (Å²) in [4.78, 5) is 24.5. The molecule has 0 fully saturated rings. The fraction of sp³-hybridized carbons (Fsp3) is 0.300. The van der Waals surface area contributed by atoms with Crippen molar-refractivity contribution in [2.24, 2.45) is 0 Å². The van der Waals surface area contributed by atoms with E-state index in [-0.39, 0.29) is 10.5 Å². The average Bonchev–Trinajstić information content (AvgIpc) is 2.68. The predicted molar refractivity (Wildman–Crippen MR) is 115 cm³/mol. The summed E-state index contributed by atoms with van der Waals surface area (Å²) < 4.78 is 31.4. The number of esters is 1. The Hall–Kier alpha value is -2.23. The summed E-state index contributed by atoms with van der Waals surface area (Å²) in [5, 5.41) is 2.69. The molecular formula is C20H23BrN2O5S. The highest BCUT2D eigenvalue weighted by atomic mass is 79.9. The third-order valence-corrected chi connectivity index (χ3v) is 6.87. The average molecular weight is 483 g/mol. The minimum atomic E-state index is -3.71. The summed E-state index contributed by atoms with van der Waals surface area (Å²) in [7, 11) is -0.866. The molecule has 0 radical (unpaired) electrons. The fourth-order valence-corrected chi connectivity index (χ4v) is 4.17. The molecule has 0 atom stereocenters. The van der Waals surface area contributed by atoms with E-state index in [2.05, 4.69) is 21.2 Å². The summed E-state index contributed by atoms with van der Waals surface area (Å²) in [5.41, 5.74) is 1.05. The standard InChI is InChI=1S/C20H23BrN2O5S/c1-4-5-12-28-20(25)14-6-9-16(10-7-14)22-19(24)15-8-11-17(21)18(13-15)29(26,27)23(2)3/h6-11,13H,4-5,12H2,1-3H3,(H,22,24). The van der Waals surface area contributed by atoms with Crippen LogP contribution in [0.15, 0.2) is 51.8 Å². The molecule has 0 heterocycles. The largest absolute Gasteiger partial charge is 0.462 e. The van der Waals surface area contributed by atoms with Gasteiger partial charge in [-0.25, -0.2) is 17.5 Å². The van der Waals surface area contributed by atoms with Gasteiger partial charge in [0, 0.05) is 29.8 Å². The van der Waals surface area contributed by atoms with Crippen molar-refractivity contribution in [1.29, 1.82) is 0 Å². The Morgan fingerprint density at radius 2 is 1.69 bits per heavy atom. The molecule has 1 amide bonds. The molecule has 9 heteroatoms. The van der Waals surface area contributed by atoms with Gasteiger partial charge in [0.25, 0.3) is 5.91 Å². The van der Waals surface area contributed by atoms with Crippen LogP contribution in [0.3, 0.4) is 0 Å². The van der Waals surface area contributed by atoms with Crippen molar-refractivity contribution in [1.82, 2.24) is 4.31 Å². The molecule has 0 spiro atoms. The number of hydrogen-bond acceptors (Lipinski definition) is 5. The minimum absolute atomic E-state index is 0.000299. The number of carbonyl (C=O) groups is 2. The van der Waals surface area contributed by atoms with E-state index in [4.69, 9.17) is 4.74 Å². The van der Waals surface area contributed by atoms with Gasteiger partial charge in [0.2, 0.25) is 10.0 Å². The molecule has 0 saturated carbocycles. The Morgan fingerprint density at radius 3 is 2.28 bits per heavy atom. The van der Waals surface area contributed by atoms with E-state index in [9.17, 15) is 18.0 Å². The molecule has 2 aromatic carbocycles. The first-order valence-electron chi connectivity index (χ1n) is 8.97. The second-order valence-electron chi connectivity index (χ2n) is 6.45. The summed E-state index contributed by atoms with van der Waals surface area (Å²) in [6.07, 6.45) is 1.74. The Bertz CT molecular complexity index is 988. The van der Waals surface area contributed by atoms with Crippen molar-refractivity contribution >= 4 is 43.5 Å². The molecule has 0 saturated heterocycles. The normalized spacial score (nSPS) is 11.3. The molecular weight excluding hydrogens is 460 g/mol. The van der Waals surface area contributed by atoms with Crippen molar-refractivity contribution < 1.29 is 22.7 Å². The van der Waals surface area contributed by atoms with Gasteiger partial charge >= 0.3 is 5.97 Å². The van der Waals surface area contributed by atoms with Crippen LogP contribution in [0, 0.1) is 0 Å². The van der Waals surface area contributed by atoms with Gasteiger partial charge in [-0.15, -0.1) is 0 Å². The van der Waals surface area contributed by atoms with Crippen LogP contribution in [0.4, 0.5) is 5.69 Å². The highest BCUT2D eigenvalue weighted by molar-refractivity contribution is 9.10. The fourth-order valence-electron chi connectivity index (χ4n) is 2.32. The number of sulfonamides is 1.